The van der Waals surface area contributed by atoms with Crippen molar-refractivity contribution in [2.24, 2.45) is 5.73 Å². The van der Waals surface area contributed by atoms with E-state index in [1.54, 1.807) is 14.2 Å². The Hall–Kier alpha value is -2.00. The van der Waals surface area contributed by atoms with Gasteiger partial charge in [0.2, 0.25) is 0 Å². The summed E-state index contributed by atoms with van der Waals surface area (Å²) in [6.07, 6.45) is 2.24. The lowest BCUT2D eigenvalue weighted by Crippen LogP contribution is -2.13. The van der Waals surface area contributed by atoms with Crippen LogP contribution >= 0.6 is 0 Å². The van der Waals surface area contributed by atoms with Gasteiger partial charge in [-0.05, 0) is 23.6 Å². The van der Waals surface area contributed by atoms with Gasteiger partial charge in [-0.15, -0.1) is 0 Å². The first-order valence-electron chi connectivity index (χ1n) is 7.26. The van der Waals surface area contributed by atoms with Gasteiger partial charge in [-0.3, -0.25) is 0 Å². The van der Waals surface area contributed by atoms with Crippen molar-refractivity contribution in [2.75, 3.05) is 14.2 Å². The standard InChI is InChI=1S/C18H23NO2/c1-4-6-13-9-11-14(12-10-13)17(19)15-7-5-8-16(20-2)18(15)21-3/h5,7-12,17H,4,6,19H2,1-3H3. The number of hydrogen-bond donors (Lipinski definition) is 1. The molecule has 3 heteroatoms. The summed E-state index contributed by atoms with van der Waals surface area (Å²) >= 11 is 0. The number of para-hydroxylation sites is 1. The van der Waals surface area contributed by atoms with E-state index < -0.39 is 0 Å². The van der Waals surface area contributed by atoms with Gasteiger partial charge in [-0.1, -0.05) is 49.7 Å². The van der Waals surface area contributed by atoms with Crippen LogP contribution in [0.25, 0.3) is 0 Å². The number of ether oxygens (including phenoxy) is 2. The molecule has 0 spiro atoms. The predicted molar refractivity (Wildman–Crippen MR) is 86.0 cm³/mol. The Labute approximate surface area is 126 Å². The zero-order valence-electron chi connectivity index (χ0n) is 12.9. The molecule has 0 aliphatic carbocycles. The highest BCUT2D eigenvalue weighted by molar-refractivity contribution is 5.50. The third kappa shape index (κ3) is 3.37. The molecular formula is C18H23NO2. The second-order valence-electron chi connectivity index (χ2n) is 5.05. The normalized spacial score (nSPS) is 12.0. The van der Waals surface area contributed by atoms with Crippen molar-refractivity contribution < 1.29 is 9.47 Å². The summed E-state index contributed by atoms with van der Waals surface area (Å²) in [5, 5.41) is 0. The van der Waals surface area contributed by atoms with Crippen LogP contribution in [0, 0.1) is 0 Å². The molecule has 0 radical (unpaired) electrons. The molecule has 0 amide bonds. The molecular weight excluding hydrogens is 262 g/mol. The predicted octanol–water partition coefficient (Wildman–Crippen LogP) is 3.70. The zero-order chi connectivity index (χ0) is 15.2. The minimum atomic E-state index is -0.231. The summed E-state index contributed by atoms with van der Waals surface area (Å²) in [4.78, 5) is 0. The van der Waals surface area contributed by atoms with Gasteiger partial charge in [-0.2, -0.15) is 0 Å². The topological polar surface area (TPSA) is 44.5 Å². The van der Waals surface area contributed by atoms with Gasteiger partial charge < -0.3 is 15.2 Å². The largest absolute Gasteiger partial charge is 0.493 e. The average molecular weight is 285 g/mol. The van der Waals surface area contributed by atoms with Crippen molar-refractivity contribution in [1.29, 1.82) is 0 Å². The van der Waals surface area contributed by atoms with Crippen molar-refractivity contribution in [3.63, 3.8) is 0 Å². The van der Waals surface area contributed by atoms with E-state index in [1.807, 2.05) is 18.2 Å². The summed E-state index contributed by atoms with van der Waals surface area (Å²) in [7, 11) is 3.27. The van der Waals surface area contributed by atoms with Gasteiger partial charge in [0.05, 0.1) is 20.3 Å². The SMILES string of the molecule is CCCc1ccc(C(N)c2cccc(OC)c2OC)cc1. The van der Waals surface area contributed by atoms with E-state index in [4.69, 9.17) is 15.2 Å². The Morgan fingerprint density at radius 2 is 1.71 bits per heavy atom. The molecule has 0 saturated carbocycles. The molecule has 3 nitrogen and oxygen atoms in total. The summed E-state index contributed by atoms with van der Waals surface area (Å²) < 4.78 is 10.8. The molecule has 2 aromatic rings. The van der Waals surface area contributed by atoms with Crippen molar-refractivity contribution in [3.8, 4) is 11.5 Å². The van der Waals surface area contributed by atoms with E-state index in [9.17, 15) is 0 Å². The number of methoxy groups -OCH3 is 2. The van der Waals surface area contributed by atoms with Crippen LogP contribution < -0.4 is 15.2 Å². The lowest BCUT2D eigenvalue weighted by molar-refractivity contribution is 0.350. The molecule has 0 aromatic heterocycles. The minimum absolute atomic E-state index is 0.231. The highest BCUT2D eigenvalue weighted by atomic mass is 16.5. The van der Waals surface area contributed by atoms with E-state index in [1.165, 1.54) is 5.56 Å². The van der Waals surface area contributed by atoms with Crippen LogP contribution in [0.2, 0.25) is 0 Å². The van der Waals surface area contributed by atoms with E-state index in [-0.39, 0.29) is 6.04 Å². The first kappa shape index (κ1) is 15.4. The van der Waals surface area contributed by atoms with Crippen molar-refractivity contribution in [2.45, 2.75) is 25.8 Å². The molecule has 1 atom stereocenters. The first-order valence-corrected chi connectivity index (χ1v) is 7.26. The number of hydrogen-bond acceptors (Lipinski definition) is 3. The van der Waals surface area contributed by atoms with Gasteiger partial charge >= 0.3 is 0 Å². The summed E-state index contributed by atoms with van der Waals surface area (Å²) in [5.74, 6) is 1.40. The van der Waals surface area contributed by atoms with Crippen LogP contribution in [-0.2, 0) is 6.42 Å². The van der Waals surface area contributed by atoms with Crippen LogP contribution in [0.5, 0.6) is 11.5 Å². The molecule has 2 aromatic carbocycles. The Bertz CT molecular complexity index is 578. The molecule has 0 aliphatic rings. The van der Waals surface area contributed by atoms with Gasteiger partial charge in [0.25, 0.3) is 0 Å². The third-order valence-corrected chi connectivity index (χ3v) is 3.65. The molecule has 0 aliphatic heterocycles. The summed E-state index contributed by atoms with van der Waals surface area (Å²) in [6.45, 7) is 2.18. The Morgan fingerprint density at radius 3 is 2.29 bits per heavy atom. The fourth-order valence-corrected chi connectivity index (χ4v) is 2.52. The maximum Gasteiger partial charge on any atom is 0.165 e. The van der Waals surface area contributed by atoms with Gasteiger partial charge in [0.15, 0.2) is 11.5 Å². The van der Waals surface area contributed by atoms with Crippen LogP contribution in [0.4, 0.5) is 0 Å². The van der Waals surface area contributed by atoms with Gasteiger partial charge in [0.1, 0.15) is 0 Å². The minimum Gasteiger partial charge on any atom is -0.493 e. The summed E-state index contributed by atoms with van der Waals surface area (Å²) in [5.41, 5.74) is 9.75. The molecule has 2 rings (SSSR count). The van der Waals surface area contributed by atoms with Crippen molar-refractivity contribution in [3.05, 3.63) is 59.2 Å². The maximum atomic E-state index is 6.40. The quantitative estimate of drug-likeness (QED) is 0.880. The highest BCUT2D eigenvalue weighted by Gasteiger charge is 2.17. The Morgan fingerprint density at radius 1 is 1.00 bits per heavy atom. The van der Waals surface area contributed by atoms with E-state index in [2.05, 4.69) is 31.2 Å². The highest BCUT2D eigenvalue weighted by Crippen LogP contribution is 2.36. The first-order chi connectivity index (χ1) is 10.2. The molecule has 0 fully saturated rings. The third-order valence-electron chi connectivity index (χ3n) is 3.65. The van der Waals surface area contributed by atoms with Crippen LogP contribution in [0.1, 0.15) is 36.1 Å². The Kier molecular flexibility index (Phi) is 5.23. The maximum absolute atomic E-state index is 6.40. The van der Waals surface area contributed by atoms with Gasteiger partial charge in [-0.25, -0.2) is 0 Å². The lowest BCUT2D eigenvalue weighted by Gasteiger charge is -2.18. The molecule has 0 heterocycles. The van der Waals surface area contributed by atoms with Crippen molar-refractivity contribution in [1.82, 2.24) is 0 Å². The fraction of sp³-hybridized carbons (Fsp3) is 0.333. The molecule has 0 saturated heterocycles. The molecule has 0 bridgehead atoms. The molecule has 2 N–H and O–H groups in total. The zero-order valence-corrected chi connectivity index (χ0v) is 12.9. The van der Waals surface area contributed by atoms with Crippen LogP contribution in [0.15, 0.2) is 42.5 Å². The van der Waals surface area contributed by atoms with E-state index in [0.717, 1.165) is 24.0 Å². The Balaban J connectivity index is 2.33. The van der Waals surface area contributed by atoms with Gasteiger partial charge in [0, 0.05) is 5.56 Å². The monoisotopic (exact) mass is 285 g/mol. The fourth-order valence-electron chi connectivity index (χ4n) is 2.52. The van der Waals surface area contributed by atoms with Crippen LogP contribution in [-0.4, -0.2) is 14.2 Å². The van der Waals surface area contributed by atoms with Crippen LogP contribution in [0.3, 0.4) is 0 Å². The smallest absolute Gasteiger partial charge is 0.165 e. The second-order valence-corrected chi connectivity index (χ2v) is 5.05. The molecule has 1 unspecified atom stereocenters. The number of nitrogens with two attached hydrogens (primary N) is 1. The lowest BCUT2D eigenvalue weighted by atomic mass is 9.97. The number of aryl methyl sites for hydroxylation is 1. The number of rotatable bonds is 6. The summed E-state index contributed by atoms with van der Waals surface area (Å²) in [6, 6.07) is 14.0. The van der Waals surface area contributed by atoms with E-state index in [0.29, 0.717) is 11.5 Å². The average Bonchev–Trinajstić information content (AvgIpc) is 2.54. The number of benzene rings is 2. The molecule has 112 valence electrons. The van der Waals surface area contributed by atoms with Crippen molar-refractivity contribution >= 4 is 0 Å². The molecule has 21 heavy (non-hydrogen) atoms. The van der Waals surface area contributed by atoms with E-state index >= 15 is 0 Å². The second kappa shape index (κ2) is 7.14.